The Balaban J connectivity index is 1.19. The molecule has 3 heterocycles. The third kappa shape index (κ3) is 3.68. The average molecular weight is 431 g/mol. The highest BCUT2D eigenvalue weighted by atomic mass is 16.5. The van der Waals surface area contributed by atoms with Gasteiger partial charge in [0.05, 0.1) is 11.1 Å². The van der Waals surface area contributed by atoms with E-state index in [4.69, 9.17) is 9.47 Å². The summed E-state index contributed by atoms with van der Waals surface area (Å²) in [6.45, 7) is 2.87. The number of carbonyl (C=O) groups excluding carboxylic acids is 2. The van der Waals surface area contributed by atoms with E-state index in [0.29, 0.717) is 41.7 Å². The quantitative estimate of drug-likeness (QED) is 0.340. The average Bonchev–Trinajstić information content (AvgIpc) is 3.45. The highest BCUT2D eigenvalue weighted by molar-refractivity contribution is 6.21. The molecule has 0 radical (unpaired) electrons. The molecule has 1 atom stereocenters. The fraction of sp³-hybridized carbons (Fsp3) is 0.217. The normalized spacial score (nSPS) is 14.1. The number of ether oxygens (including phenoxy) is 2. The molecule has 0 spiro atoms. The fourth-order valence-electron chi connectivity index (χ4n) is 3.65. The summed E-state index contributed by atoms with van der Waals surface area (Å²) >= 11 is 0. The molecule has 0 aliphatic carbocycles. The number of nitrogens with one attached hydrogen (secondary N) is 1. The lowest BCUT2D eigenvalue weighted by molar-refractivity contribution is 0.0645. The summed E-state index contributed by atoms with van der Waals surface area (Å²) in [5.41, 5.74) is 1.47. The first-order chi connectivity index (χ1) is 15.6. The summed E-state index contributed by atoms with van der Waals surface area (Å²) in [7, 11) is 0. The number of benzene rings is 2. The molecule has 2 amide bonds. The zero-order valence-electron chi connectivity index (χ0n) is 17.4. The molecule has 1 aliphatic heterocycles. The Morgan fingerprint density at radius 1 is 0.938 bits per heavy atom. The van der Waals surface area contributed by atoms with Crippen LogP contribution in [0.4, 0.5) is 0 Å². The van der Waals surface area contributed by atoms with Gasteiger partial charge in [-0.2, -0.15) is 4.63 Å². The van der Waals surface area contributed by atoms with Gasteiger partial charge in [-0.25, -0.2) is 4.98 Å². The van der Waals surface area contributed by atoms with Crippen LogP contribution in [0.3, 0.4) is 0 Å². The zero-order valence-corrected chi connectivity index (χ0v) is 17.4. The Bertz CT molecular complexity index is 1210. The van der Waals surface area contributed by atoms with Gasteiger partial charge in [-0.1, -0.05) is 37.3 Å². The first-order valence-electron chi connectivity index (χ1n) is 10.3. The maximum atomic E-state index is 12.6. The number of hydrogen-bond acceptors (Lipinski definition) is 6. The summed E-state index contributed by atoms with van der Waals surface area (Å²) < 4.78 is 12.7. The Morgan fingerprint density at radius 3 is 2.28 bits per heavy atom. The molecule has 0 fully saturated rings. The van der Waals surface area contributed by atoms with Crippen LogP contribution in [-0.2, 0) is 0 Å². The van der Waals surface area contributed by atoms with Gasteiger partial charge in [0.25, 0.3) is 11.8 Å². The molecule has 1 N–H and O–H groups in total. The third-order valence-corrected chi connectivity index (χ3v) is 5.27. The standard InChI is InChI=1S/C23H21N5O4/c1-15(14-27-22(29)17-9-5-6-10-18(17)23(27)30)21-24-19-13-20(25-28(19)26-21)32-12-11-31-16-7-3-2-4-8-16/h2-10,13,15H,11-12,14H2,1H3,(H,24,26). The van der Waals surface area contributed by atoms with E-state index >= 15 is 0 Å². The van der Waals surface area contributed by atoms with Gasteiger partial charge in [0.15, 0.2) is 5.65 Å². The molecule has 2 aromatic heterocycles. The fourth-order valence-corrected chi connectivity index (χ4v) is 3.65. The molecule has 162 valence electrons. The van der Waals surface area contributed by atoms with Crippen LogP contribution in [0.15, 0.2) is 60.7 Å². The summed E-state index contributed by atoms with van der Waals surface area (Å²) in [6, 6.07) is 18.1. The molecule has 0 saturated carbocycles. The van der Waals surface area contributed by atoms with Crippen molar-refractivity contribution in [3.63, 3.8) is 0 Å². The number of nitrogens with zero attached hydrogens (tertiary/aromatic N) is 4. The third-order valence-electron chi connectivity index (χ3n) is 5.27. The van der Waals surface area contributed by atoms with Gasteiger partial charge in [0.2, 0.25) is 5.88 Å². The Kier molecular flexibility index (Phi) is 5.06. The molecule has 9 nitrogen and oxygen atoms in total. The number of para-hydroxylation sites is 1. The molecule has 1 unspecified atom stereocenters. The van der Waals surface area contributed by atoms with Gasteiger partial charge < -0.3 is 9.47 Å². The van der Waals surface area contributed by atoms with E-state index in [9.17, 15) is 9.59 Å². The van der Waals surface area contributed by atoms with Crippen molar-refractivity contribution in [2.75, 3.05) is 19.8 Å². The van der Waals surface area contributed by atoms with Crippen molar-refractivity contribution >= 4 is 17.5 Å². The number of imide groups is 1. The zero-order chi connectivity index (χ0) is 22.1. The molecular formula is C23H21N5O4. The summed E-state index contributed by atoms with van der Waals surface area (Å²) in [5.74, 6) is 1.10. The van der Waals surface area contributed by atoms with E-state index in [-0.39, 0.29) is 24.3 Å². The van der Waals surface area contributed by atoms with Gasteiger partial charge in [0, 0.05) is 18.5 Å². The minimum Gasteiger partial charge on any atom is -0.490 e. The van der Waals surface area contributed by atoms with Crippen molar-refractivity contribution in [3.05, 3.63) is 77.6 Å². The lowest BCUT2D eigenvalue weighted by Crippen LogP contribution is -2.33. The van der Waals surface area contributed by atoms with Crippen LogP contribution >= 0.6 is 0 Å². The van der Waals surface area contributed by atoms with E-state index in [1.165, 1.54) is 9.53 Å². The Labute approximate surface area is 183 Å². The predicted octanol–water partition coefficient (Wildman–Crippen LogP) is 2.91. The van der Waals surface area contributed by atoms with Crippen molar-refractivity contribution in [1.82, 2.24) is 24.7 Å². The molecule has 0 saturated heterocycles. The first-order valence-corrected chi connectivity index (χ1v) is 10.3. The largest absolute Gasteiger partial charge is 0.490 e. The lowest BCUT2D eigenvalue weighted by atomic mass is 10.1. The van der Waals surface area contributed by atoms with Gasteiger partial charge in [-0.3, -0.25) is 19.6 Å². The smallest absolute Gasteiger partial charge is 0.261 e. The number of carbonyl (C=O) groups is 2. The second-order valence-corrected chi connectivity index (χ2v) is 7.54. The number of amides is 2. The number of aromatic amines is 1. The van der Waals surface area contributed by atoms with Crippen LogP contribution in [0, 0.1) is 0 Å². The lowest BCUT2D eigenvalue weighted by Gasteiger charge is -2.17. The summed E-state index contributed by atoms with van der Waals surface area (Å²) in [4.78, 5) is 31.0. The molecule has 0 bridgehead atoms. The van der Waals surface area contributed by atoms with Crippen molar-refractivity contribution < 1.29 is 19.1 Å². The van der Waals surface area contributed by atoms with Crippen molar-refractivity contribution in [2.45, 2.75) is 12.8 Å². The summed E-state index contributed by atoms with van der Waals surface area (Å²) in [6.07, 6.45) is 0. The van der Waals surface area contributed by atoms with Gasteiger partial charge >= 0.3 is 0 Å². The molecular weight excluding hydrogens is 410 g/mol. The molecule has 5 rings (SSSR count). The van der Waals surface area contributed by atoms with Crippen LogP contribution in [0.5, 0.6) is 11.6 Å². The van der Waals surface area contributed by atoms with Crippen molar-refractivity contribution in [2.24, 2.45) is 0 Å². The monoisotopic (exact) mass is 431 g/mol. The molecule has 9 heteroatoms. The molecule has 4 aromatic rings. The van der Waals surface area contributed by atoms with E-state index < -0.39 is 0 Å². The van der Waals surface area contributed by atoms with E-state index in [2.05, 4.69) is 15.2 Å². The van der Waals surface area contributed by atoms with Crippen LogP contribution in [-0.4, -0.2) is 56.3 Å². The number of H-pyrrole nitrogens is 1. The Morgan fingerprint density at radius 2 is 1.59 bits per heavy atom. The van der Waals surface area contributed by atoms with Crippen LogP contribution in [0.1, 0.15) is 39.4 Å². The number of hydrogen-bond donors (Lipinski definition) is 1. The van der Waals surface area contributed by atoms with Crippen LogP contribution in [0.2, 0.25) is 0 Å². The van der Waals surface area contributed by atoms with E-state index in [0.717, 1.165) is 5.75 Å². The second kappa shape index (κ2) is 8.18. The highest BCUT2D eigenvalue weighted by Crippen LogP contribution is 2.25. The molecule has 2 aromatic carbocycles. The maximum Gasteiger partial charge on any atom is 0.261 e. The summed E-state index contributed by atoms with van der Waals surface area (Å²) in [5, 5.41) is 7.42. The highest BCUT2D eigenvalue weighted by Gasteiger charge is 2.36. The maximum absolute atomic E-state index is 12.6. The van der Waals surface area contributed by atoms with E-state index in [1.54, 1.807) is 30.3 Å². The first kappa shape index (κ1) is 19.8. The predicted molar refractivity (Wildman–Crippen MR) is 115 cm³/mol. The van der Waals surface area contributed by atoms with Crippen LogP contribution < -0.4 is 9.47 Å². The minimum absolute atomic E-state index is 0.192. The van der Waals surface area contributed by atoms with E-state index in [1.807, 2.05) is 37.3 Å². The molecule has 1 aliphatic rings. The SMILES string of the molecule is CC(CN1C(=O)c2ccccc2C1=O)c1nc2cc(OCCOc3ccccc3)nn2[nH]1. The Hall–Kier alpha value is -4.14. The van der Waals surface area contributed by atoms with Gasteiger partial charge in [0.1, 0.15) is 24.8 Å². The number of rotatable bonds is 8. The number of aromatic nitrogens is 4. The molecule has 32 heavy (non-hydrogen) atoms. The topological polar surface area (TPSA) is 102 Å². The van der Waals surface area contributed by atoms with Crippen LogP contribution in [0.25, 0.3) is 5.65 Å². The van der Waals surface area contributed by atoms with Crippen molar-refractivity contribution in [3.8, 4) is 11.6 Å². The number of fused-ring (bicyclic) bond motifs is 2. The van der Waals surface area contributed by atoms with Gasteiger partial charge in [-0.15, -0.1) is 5.10 Å². The second-order valence-electron chi connectivity index (χ2n) is 7.54. The minimum atomic E-state index is -0.276. The van der Waals surface area contributed by atoms with Gasteiger partial charge in [-0.05, 0) is 24.3 Å². The van der Waals surface area contributed by atoms with Crippen molar-refractivity contribution in [1.29, 1.82) is 0 Å².